The van der Waals surface area contributed by atoms with E-state index in [1.165, 1.54) is 25.9 Å². The van der Waals surface area contributed by atoms with E-state index in [0.29, 0.717) is 0 Å². The highest BCUT2D eigenvalue weighted by Crippen LogP contribution is 2.29. The van der Waals surface area contributed by atoms with E-state index in [-0.39, 0.29) is 5.56 Å². The maximum atomic E-state index is 12.1. The minimum Gasteiger partial charge on any atom is -0.494 e. The summed E-state index contributed by atoms with van der Waals surface area (Å²) in [5.41, 5.74) is -2.34. The number of aliphatic hydroxyl groups is 3. The van der Waals surface area contributed by atoms with Crippen LogP contribution in [0.1, 0.15) is 5.56 Å². The van der Waals surface area contributed by atoms with Crippen LogP contribution >= 0.6 is 11.8 Å². The zero-order chi connectivity index (χ0) is 18.9. The van der Waals surface area contributed by atoms with Crippen molar-refractivity contribution < 1.29 is 25.2 Å². The van der Waals surface area contributed by atoms with Crippen molar-refractivity contribution in [3.63, 3.8) is 0 Å². The van der Waals surface area contributed by atoms with E-state index < -0.39 is 53.5 Å². The van der Waals surface area contributed by atoms with Crippen LogP contribution in [-0.4, -0.2) is 78.4 Å². The molecule has 140 valence electrons. The maximum Gasteiger partial charge on any atom is 0.333 e. The van der Waals surface area contributed by atoms with Crippen LogP contribution in [-0.2, 0) is 18.8 Å². The van der Waals surface area contributed by atoms with Gasteiger partial charge in [0.1, 0.15) is 35.4 Å². The van der Waals surface area contributed by atoms with Gasteiger partial charge in [0.15, 0.2) is 0 Å². The SMILES string of the molecule is CS[C@@H]1O[C@H](CO)[C@H](O)[C@H](O)[C@H]1N=Cc1c(O)n(C)c(=O)n(C)c1=O. The smallest absolute Gasteiger partial charge is 0.333 e. The van der Waals surface area contributed by atoms with Crippen LogP contribution in [0.5, 0.6) is 5.88 Å². The molecule has 0 radical (unpaired) electrons. The number of aromatic nitrogens is 2. The molecular formula is C14H21N3O7S. The van der Waals surface area contributed by atoms with Gasteiger partial charge in [-0.3, -0.25) is 18.9 Å². The molecule has 2 rings (SSSR count). The fourth-order valence-electron chi connectivity index (χ4n) is 2.55. The third-order valence-corrected chi connectivity index (χ3v) is 4.98. The van der Waals surface area contributed by atoms with Gasteiger partial charge in [-0.1, -0.05) is 0 Å². The first kappa shape index (κ1) is 19.7. The van der Waals surface area contributed by atoms with Gasteiger partial charge in [-0.2, -0.15) is 0 Å². The van der Waals surface area contributed by atoms with Crippen LogP contribution in [0.15, 0.2) is 14.6 Å². The molecule has 4 N–H and O–H groups in total. The van der Waals surface area contributed by atoms with Gasteiger partial charge in [0.2, 0.25) is 5.88 Å². The van der Waals surface area contributed by atoms with Gasteiger partial charge < -0.3 is 25.2 Å². The molecule has 1 aliphatic rings. The molecule has 0 aliphatic carbocycles. The topological polar surface area (TPSA) is 147 Å². The average Bonchev–Trinajstić information content (AvgIpc) is 2.61. The molecule has 0 bridgehead atoms. The number of nitrogens with zero attached hydrogens (tertiary/aromatic N) is 3. The summed E-state index contributed by atoms with van der Waals surface area (Å²) in [5.74, 6) is -0.558. The molecule has 10 nitrogen and oxygen atoms in total. The third-order valence-electron chi connectivity index (χ3n) is 4.12. The highest BCUT2D eigenvalue weighted by Gasteiger charge is 2.43. The van der Waals surface area contributed by atoms with Crippen LogP contribution in [0.2, 0.25) is 0 Å². The molecule has 0 saturated carbocycles. The van der Waals surface area contributed by atoms with Crippen molar-refractivity contribution in [2.45, 2.75) is 29.8 Å². The van der Waals surface area contributed by atoms with Gasteiger partial charge in [-0.25, -0.2) is 4.79 Å². The molecule has 25 heavy (non-hydrogen) atoms. The third kappa shape index (κ3) is 3.51. The van der Waals surface area contributed by atoms with Crippen molar-refractivity contribution in [1.29, 1.82) is 0 Å². The Morgan fingerprint density at radius 2 is 1.88 bits per heavy atom. The summed E-state index contributed by atoms with van der Waals surface area (Å²) in [7, 11) is 2.56. The van der Waals surface area contributed by atoms with Crippen molar-refractivity contribution in [2.24, 2.45) is 19.1 Å². The highest BCUT2D eigenvalue weighted by molar-refractivity contribution is 7.99. The monoisotopic (exact) mass is 375 g/mol. The van der Waals surface area contributed by atoms with Gasteiger partial charge in [-0.15, -0.1) is 11.8 Å². The average molecular weight is 375 g/mol. The van der Waals surface area contributed by atoms with Gasteiger partial charge in [0.05, 0.1) is 6.61 Å². The summed E-state index contributed by atoms with van der Waals surface area (Å²) < 4.78 is 7.19. The van der Waals surface area contributed by atoms with E-state index in [1.807, 2.05) is 0 Å². The van der Waals surface area contributed by atoms with E-state index in [0.717, 1.165) is 15.3 Å². The number of aliphatic hydroxyl groups excluding tert-OH is 3. The van der Waals surface area contributed by atoms with E-state index >= 15 is 0 Å². The van der Waals surface area contributed by atoms with Gasteiger partial charge in [0.25, 0.3) is 5.56 Å². The summed E-state index contributed by atoms with van der Waals surface area (Å²) in [5, 5.41) is 39.4. The van der Waals surface area contributed by atoms with Crippen LogP contribution in [0.3, 0.4) is 0 Å². The molecule has 2 heterocycles. The van der Waals surface area contributed by atoms with Crippen molar-refractivity contribution in [2.75, 3.05) is 12.9 Å². The van der Waals surface area contributed by atoms with Crippen LogP contribution in [0.25, 0.3) is 0 Å². The van der Waals surface area contributed by atoms with Crippen molar-refractivity contribution in [3.8, 4) is 5.88 Å². The van der Waals surface area contributed by atoms with Crippen molar-refractivity contribution >= 4 is 18.0 Å². The Morgan fingerprint density at radius 1 is 1.24 bits per heavy atom. The quantitative estimate of drug-likeness (QED) is 0.418. The van der Waals surface area contributed by atoms with Crippen LogP contribution < -0.4 is 11.2 Å². The van der Waals surface area contributed by atoms with Crippen LogP contribution in [0, 0.1) is 0 Å². The fourth-order valence-corrected chi connectivity index (χ4v) is 3.32. The van der Waals surface area contributed by atoms with Gasteiger partial charge in [-0.05, 0) is 6.26 Å². The van der Waals surface area contributed by atoms with Crippen molar-refractivity contribution in [3.05, 3.63) is 26.4 Å². The maximum absolute atomic E-state index is 12.1. The van der Waals surface area contributed by atoms with Crippen LogP contribution in [0.4, 0.5) is 0 Å². The highest BCUT2D eigenvalue weighted by atomic mass is 32.2. The second-order valence-electron chi connectivity index (χ2n) is 5.65. The van der Waals surface area contributed by atoms with E-state index in [4.69, 9.17) is 4.74 Å². The molecule has 0 unspecified atom stereocenters. The molecule has 0 spiro atoms. The first-order valence-corrected chi connectivity index (χ1v) is 8.70. The molecule has 1 fully saturated rings. The second-order valence-corrected chi connectivity index (χ2v) is 6.59. The zero-order valence-electron chi connectivity index (χ0n) is 13.9. The molecule has 1 aromatic rings. The standard InChI is InChI=1S/C14H21N3O7S/c1-16-11(21)6(12(22)17(2)14(16)23)4-15-8-10(20)9(19)7(5-18)24-13(8)25-3/h4,7-10,13,18-21H,5H2,1-3H3/t7-,8-,9+,10-,13+/m1/s1. The number of aromatic hydroxyl groups is 1. The summed E-state index contributed by atoms with van der Waals surface area (Å²) in [4.78, 5) is 28.0. The Morgan fingerprint density at radius 3 is 2.44 bits per heavy atom. The molecule has 0 aromatic carbocycles. The normalized spacial score (nSPS) is 30.1. The van der Waals surface area contributed by atoms with Gasteiger partial charge >= 0.3 is 5.69 Å². The Balaban J connectivity index is 2.41. The largest absolute Gasteiger partial charge is 0.494 e. The summed E-state index contributed by atoms with van der Waals surface area (Å²) in [6.07, 6.45) is -0.888. The Bertz CT molecular complexity index is 773. The first-order chi connectivity index (χ1) is 11.7. The lowest BCUT2D eigenvalue weighted by atomic mass is 9.98. The van der Waals surface area contributed by atoms with E-state index in [9.17, 15) is 30.0 Å². The Labute approximate surface area is 147 Å². The zero-order valence-corrected chi connectivity index (χ0v) is 14.8. The Kier molecular flexibility index (Phi) is 6.06. The number of ether oxygens (including phenoxy) is 1. The van der Waals surface area contributed by atoms with Gasteiger partial charge in [0, 0.05) is 20.3 Å². The number of hydrogen-bond donors (Lipinski definition) is 4. The minimum absolute atomic E-state index is 0.226. The summed E-state index contributed by atoms with van der Waals surface area (Å²) in [6, 6.07) is -0.936. The fraction of sp³-hybridized carbons (Fsp3) is 0.643. The number of aliphatic imine (C=N–C) groups is 1. The number of rotatable bonds is 4. The molecule has 1 aliphatic heterocycles. The lowest BCUT2D eigenvalue weighted by molar-refractivity contribution is -0.165. The summed E-state index contributed by atoms with van der Waals surface area (Å²) >= 11 is 1.21. The minimum atomic E-state index is -1.35. The predicted octanol–water partition coefficient (Wildman–Crippen LogP) is -2.62. The lowest BCUT2D eigenvalue weighted by Crippen LogP contribution is -2.56. The lowest BCUT2D eigenvalue weighted by Gasteiger charge is -2.39. The molecule has 11 heteroatoms. The van der Waals surface area contributed by atoms with Crippen molar-refractivity contribution in [1.82, 2.24) is 9.13 Å². The molecule has 1 aromatic heterocycles. The van der Waals surface area contributed by atoms with E-state index in [2.05, 4.69) is 4.99 Å². The number of thioether (sulfide) groups is 1. The predicted molar refractivity (Wildman–Crippen MR) is 91.2 cm³/mol. The molecule has 5 atom stereocenters. The molecule has 1 saturated heterocycles. The summed E-state index contributed by atoms with van der Waals surface area (Å²) in [6.45, 7) is -0.464. The van der Waals surface area contributed by atoms with E-state index in [1.54, 1.807) is 6.26 Å². The second kappa shape index (κ2) is 7.70. The number of hydrogen-bond acceptors (Lipinski definition) is 9. The Hall–Kier alpha value is -1.66. The molecular weight excluding hydrogens is 354 g/mol. The molecule has 0 amide bonds. The first-order valence-electron chi connectivity index (χ1n) is 7.42.